The first-order chi connectivity index (χ1) is 8.19. The molecule has 0 fully saturated rings. The van der Waals surface area contributed by atoms with Crippen molar-refractivity contribution in [2.24, 2.45) is 5.92 Å². The van der Waals surface area contributed by atoms with Crippen LogP contribution in [0.15, 0.2) is 0 Å². The van der Waals surface area contributed by atoms with E-state index in [1.807, 2.05) is 13.8 Å². The lowest BCUT2D eigenvalue weighted by Gasteiger charge is -2.23. The van der Waals surface area contributed by atoms with Gasteiger partial charge >= 0.3 is 12.0 Å². The molecule has 0 bridgehead atoms. The van der Waals surface area contributed by atoms with E-state index in [0.717, 1.165) is 0 Å². The second kappa shape index (κ2) is 7.20. The number of methoxy groups -OCH3 is 1. The zero-order valence-corrected chi connectivity index (χ0v) is 11.7. The normalized spacial score (nSPS) is 13.2. The zero-order chi connectivity index (χ0) is 14.3. The van der Waals surface area contributed by atoms with Gasteiger partial charge in [0.25, 0.3) is 0 Å². The number of nitrogens with one attached hydrogen (secondary N) is 2. The molecule has 0 aromatic heterocycles. The van der Waals surface area contributed by atoms with Crippen LogP contribution in [-0.2, 0) is 9.53 Å². The largest absolute Gasteiger partial charge is 0.480 e. The Bertz CT molecular complexity index is 290. The minimum Gasteiger partial charge on any atom is -0.480 e. The highest BCUT2D eigenvalue weighted by Gasteiger charge is 2.23. The fourth-order valence-electron chi connectivity index (χ4n) is 1.28. The van der Waals surface area contributed by atoms with Crippen molar-refractivity contribution in [1.82, 2.24) is 10.6 Å². The summed E-state index contributed by atoms with van der Waals surface area (Å²) in [5.41, 5.74) is -0.308. The number of carboxylic acid groups (broad SMARTS) is 1. The number of amides is 2. The number of carbonyl (C=O) groups is 2. The quantitative estimate of drug-likeness (QED) is 0.642. The summed E-state index contributed by atoms with van der Waals surface area (Å²) in [6.45, 7) is 7.75. The molecule has 0 aliphatic heterocycles. The lowest BCUT2D eigenvalue weighted by molar-refractivity contribution is -0.140. The van der Waals surface area contributed by atoms with Crippen molar-refractivity contribution in [2.45, 2.75) is 45.8 Å². The van der Waals surface area contributed by atoms with E-state index < -0.39 is 18.0 Å². The molecule has 1 unspecified atom stereocenters. The molecular formula is C12H24N2O4. The van der Waals surface area contributed by atoms with Crippen molar-refractivity contribution in [2.75, 3.05) is 13.7 Å². The average molecular weight is 260 g/mol. The molecule has 1 atom stereocenters. The number of urea groups is 1. The summed E-state index contributed by atoms with van der Waals surface area (Å²) < 4.78 is 5.21. The minimum atomic E-state index is -1.03. The molecule has 2 amide bonds. The van der Waals surface area contributed by atoms with Gasteiger partial charge in [0.1, 0.15) is 6.04 Å². The average Bonchev–Trinajstić information content (AvgIpc) is 2.24. The van der Waals surface area contributed by atoms with Gasteiger partial charge in [-0.3, -0.25) is 0 Å². The second-order valence-electron chi connectivity index (χ2n) is 5.17. The van der Waals surface area contributed by atoms with Gasteiger partial charge in [0.05, 0.1) is 5.60 Å². The number of carbonyl (C=O) groups excluding carboxylic acids is 1. The Hall–Kier alpha value is -1.30. The fourth-order valence-corrected chi connectivity index (χ4v) is 1.28. The van der Waals surface area contributed by atoms with E-state index in [4.69, 9.17) is 9.84 Å². The first kappa shape index (κ1) is 16.7. The maximum atomic E-state index is 11.5. The first-order valence-electron chi connectivity index (χ1n) is 6.02. The summed E-state index contributed by atoms with van der Waals surface area (Å²) in [7, 11) is 1.61. The summed E-state index contributed by atoms with van der Waals surface area (Å²) in [5.74, 6) is -1.19. The number of hydrogen-bond acceptors (Lipinski definition) is 3. The Kier molecular flexibility index (Phi) is 6.68. The van der Waals surface area contributed by atoms with E-state index in [1.54, 1.807) is 21.0 Å². The predicted molar refractivity (Wildman–Crippen MR) is 68.5 cm³/mol. The SMILES string of the molecule is COC(C)(C)CCNC(=O)NC(C(=O)O)C(C)C. The predicted octanol–water partition coefficient (Wildman–Crippen LogP) is 1.21. The molecule has 0 radical (unpaired) electrons. The number of carboxylic acids is 1. The van der Waals surface area contributed by atoms with E-state index >= 15 is 0 Å². The first-order valence-corrected chi connectivity index (χ1v) is 6.02. The summed E-state index contributed by atoms with van der Waals surface area (Å²) in [6.07, 6.45) is 0.649. The number of aliphatic carboxylic acids is 1. The molecule has 0 saturated heterocycles. The van der Waals surface area contributed by atoms with Gasteiger partial charge in [-0.1, -0.05) is 13.8 Å². The van der Waals surface area contributed by atoms with E-state index in [1.165, 1.54) is 0 Å². The highest BCUT2D eigenvalue weighted by atomic mass is 16.5. The molecule has 3 N–H and O–H groups in total. The Morgan fingerprint density at radius 2 is 1.89 bits per heavy atom. The van der Waals surface area contributed by atoms with Crippen molar-refractivity contribution in [3.8, 4) is 0 Å². The number of rotatable bonds is 7. The third-order valence-electron chi connectivity index (χ3n) is 2.78. The Balaban J connectivity index is 4.08. The Morgan fingerprint density at radius 3 is 2.28 bits per heavy atom. The third kappa shape index (κ3) is 6.44. The van der Waals surface area contributed by atoms with Crippen LogP contribution in [0.1, 0.15) is 34.1 Å². The van der Waals surface area contributed by atoms with Crippen LogP contribution in [0.4, 0.5) is 4.79 Å². The van der Waals surface area contributed by atoms with Gasteiger partial charge < -0.3 is 20.5 Å². The number of ether oxygens (including phenoxy) is 1. The second-order valence-corrected chi connectivity index (χ2v) is 5.17. The molecule has 0 heterocycles. The summed E-state index contributed by atoms with van der Waals surface area (Å²) in [4.78, 5) is 22.4. The standard InChI is InChI=1S/C12H24N2O4/c1-8(2)9(10(15)16)14-11(17)13-7-6-12(3,4)18-5/h8-9H,6-7H2,1-5H3,(H,15,16)(H2,13,14,17). The van der Waals surface area contributed by atoms with Crippen molar-refractivity contribution in [3.05, 3.63) is 0 Å². The highest BCUT2D eigenvalue weighted by molar-refractivity contribution is 5.82. The fraction of sp³-hybridized carbons (Fsp3) is 0.833. The van der Waals surface area contributed by atoms with Gasteiger partial charge in [-0.05, 0) is 26.2 Å². The molecule has 0 aliphatic carbocycles. The third-order valence-corrected chi connectivity index (χ3v) is 2.78. The summed E-state index contributed by atoms with van der Waals surface area (Å²) >= 11 is 0. The van der Waals surface area contributed by atoms with Gasteiger partial charge in [-0.25, -0.2) is 9.59 Å². The summed E-state index contributed by atoms with van der Waals surface area (Å²) in [5, 5.41) is 14.0. The Labute approximate surface area is 108 Å². The van der Waals surface area contributed by atoms with Gasteiger partial charge in [0.15, 0.2) is 0 Å². The molecule has 18 heavy (non-hydrogen) atoms. The van der Waals surface area contributed by atoms with Gasteiger partial charge in [0.2, 0.25) is 0 Å². The van der Waals surface area contributed by atoms with Crippen LogP contribution in [0, 0.1) is 5.92 Å². The van der Waals surface area contributed by atoms with Crippen LogP contribution in [0.2, 0.25) is 0 Å². The van der Waals surface area contributed by atoms with Crippen molar-refractivity contribution in [3.63, 3.8) is 0 Å². The monoisotopic (exact) mass is 260 g/mol. The van der Waals surface area contributed by atoms with E-state index in [0.29, 0.717) is 13.0 Å². The van der Waals surface area contributed by atoms with Gasteiger partial charge in [-0.15, -0.1) is 0 Å². The molecule has 0 aliphatic rings. The minimum absolute atomic E-state index is 0.163. The van der Waals surface area contributed by atoms with Crippen LogP contribution in [-0.4, -0.2) is 42.4 Å². The van der Waals surface area contributed by atoms with Crippen LogP contribution >= 0.6 is 0 Å². The summed E-state index contributed by atoms with van der Waals surface area (Å²) in [6, 6.07) is -1.34. The van der Waals surface area contributed by atoms with Gasteiger partial charge in [0, 0.05) is 13.7 Å². The number of hydrogen-bond donors (Lipinski definition) is 3. The maximum Gasteiger partial charge on any atom is 0.326 e. The molecule has 0 rings (SSSR count). The highest BCUT2D eigenvalue weighted by Crippen LogP contribution is 2.11. The molecule has 0 spiro atoms. The van der Waals surface area contributed by atoms with Crippen LogP contribution in [0.5, 0.6) is 0 Å². The molecular weight excluding hydrogens is 236 g/mol. The smallest absolute Gasteiger partial charge is 0.326 e. The lowest BCUT2D eigenvalue weighted by atomic mass is 10.0. The molecule has 0 saturated carbocycles. The van der Waals surface area contributed by atoms with Crippen LogP contribution < -0.4 is 10.6 Å². The van der Waals surface area contributed by atoms with Gasteiger partial charge in [-0.2, -0.15) is 0 Å². The van der Waals surface area contributed by atoms with Crippen molar-refractivity contribution >= 4 is 12.0 Å². The van der Waals surface area contributed by atoms with Crippen molar-refractivity contribution < 1.29 is 19.4 Å². The van der Waals surface area contributed by atoms with Crippen molar-refractivity contribution in [1.29, 1.82) is 0 Å². The lowest BCUT2D eigenvalue weighted by Crippen LogP contribution is -2.49. The zero-order valence-electron chi connectivity index (χ0n) is 11.7. The topological polar surface area (TPSA) is 87.7 Å². The molecule has 6 heteroatoms. The molecule has 0 aromatic rings. The van der Waals surface area contributed by atoms with E-state index in [2.05, 4.69) is 10.6 Å². The molecule has 0 aromatic carbocycles. The van der Waals surface area contributed by atoms with E-state index in [9.17, 15) is 9.59 Å². The maximum absolute atomic E-state index is 11.5. The van der Waals surface area contributed by atoms with E-state index in [-0.39, 0.29) is 11.5 Å². The van der Waals surface area contributed by atoms with Crippen LogP contribution in [0.25, 0.3) is 0 Å². The molecule has 6 nitrogen and oxygen atoms in total. The molecule has 106 valence electrons. The Morgan fingerprint density at radius 1 is 1.33 bits per heavy atom. The van der Waals surface area contributed by atoms with Crippen LogP contribution in [0.3, 0.4) is 0 Å².